The van der Waals surface area contributed by atoms with Gasteiger partial charge in [0.1, 0.15) is 6.61 Å². The summed E-state index contributed by atoms with van der Waals surface area (Å²) in [4.78, 5) is 0. The molecule has 148 valence electrons. The highest BCUT2D eigenvalue weighted by atomic mass is 79.9. The molecule has 0 atom stereocenters. The fourth-order valence-electron chi connectivity index (χ4n) is 2.63. The largest absolute Gasteiger partial charge is 0.493 e. The summed E-state index contributed by atoms with van der Waals surface area (Å²) in [5.41, 5.74) is 2.03. The van der Waals surface area contributed by atoms with Crippen molar-refractivity contribution in [2.24, 2.45) is 0 Å². The Morgan fingerprint density at radius 2 is 1.96 bits per heavy atom. The van der Waals surface area contributed by atoms with Crippen LogP contribution < -0.4 is 14.8 Å². The Morgan fingerprint density at radius 1 is 1.18 bits per heavy atom. The van der Waals surface area contributed by atoms with Gasteiger partial charge in [0, 0.05) is 18.1 Å². The van der Waals surface area contributed by atoms with Crippen LogP contribution >= 0.6 is 27.5 Å². The molecular formula is C19H21BrClN5O2. The number of nitrogens with zero attached hydrogens (tertiary/aromatic N) is 4. The maximum Gasteiger partial charge on any atom is 0.243 e. The zero-order valence-electron chi connectivity index (χ0n) is 15.7. The van der Waals surface area contributed by atoms with E-state index in [2.05, 4.69) is 43.7 Å². The van der Waals surface area contributed by atoms with Crippen LogP contribution in [0.2, 0.25) is 5.02 Å². The lowest BCUT2D eigenvalue weighted by molar-refractivity contribution is 0.282. The first kappa shape index (κ1) is 20.4. The molecule has 0 aliphatic rings. The summed E-state index contributed by atoms with van der Waals surface area (Å²) in [7, 11) is 1.62. The van der Waals surface area contributed by atoms with E-state index in [1.54, 1.807) is 11.8 Å². The monoisotopic (exact) mass is 465 g/mol. The van der Waals surface area contributed by atoms with Crippen molar-refractivity contribution in [3.05, 3.63) is 57.0 Å². The number of tetrazole rings is 1. The zero-order valence-corrected chi connectivity index (χ0v) is 18.0. The number of ether oxygens (including phenoxy) is 2. The summed E-state index contributed by atoms with van der Waals surface area (Å²) in [5.74, 6) is 1.94. The quantitative estimate of drug-likeness (QED) is 0.493. The summed E-state index contributed by atoms with van der Waals surface area (Å²) in [6.07, 6.45) is 0.957. The Kier molecular flexibility index (Phi) is 7.11. The average Bonchev–Trinajstić information content (AvgIpc) is 3.14. The van der Waals surface area contributed by atoms with Crippen LogP contribution in [0.1, 0.15) is 24.5 Å². The van der Waals surface area contributed by atoms with Crippen molar-refractivity contribution in [1.29, 1.82) is 0 Å². The normalized spacial score (nSPS) is 10.7. The van der Waals surface area contributed by atoms with Gasteiger partial charge in [-0.15, -0.1) is 0 Å². The van der Waals surface area contributed by atoms with Crippen molar-refractivity contribution < 1.29 is 9.47 Å². The number of methoxy groups -OCH3 is 1. The number of benzene rings is 2. The first-order valence-corrected chi connectivity index (χ1v) is 10.0. The highest BCUT2D eigenvalue weighted by Crippen LogP contribution is 2.37. The van der Waals surface area contributed by atoms with E-state index >= 15 is 0 Å². The molecule has 0 amide bonds. The molecule has 0 aliphatic heterocycles. The van der Waals surface area contributed by atoms with Crippen molar-refractivity contribution in [3.63, 3.8) is 0 Å². The summed E-state index contributed by atoms with van der Waals surface area (Å²) in [6.45, 7) is 3.81. The molecular weight excluding hydrogens is 446 g/mol. The van der Waals surface area contributed by atoms with Crippen LogP contribution in [0.4, 0.5) is 5.95 Å². The Hall–Kier alpha value is -2.32. The number of rotatable bonds is 9. The minimum atomic E-state index is 0.412. The van der Waals surface area contributed by atoms with E-state index in [4.69, 9.17) is 21.1 Å². The number of hydrogen-bond acceptors (Lipinski definition) is 6. The number of nitrogens with one attached hydrogen (secondary N) is 1. The smallest absolute Gasteiger partial charge is 0.243 e. The molecule has 1 N–H and O–H groups in total. The van der Waals surface area contributed by atoms with E-state index < -0.39 is 0 Å². The van der Waals surface area contributed by atoms with Crippen molar-refractivity contribution in [3.8, 4) is 11.5 Å². The van der Waals surface area contributed by atoms with Crippen LogP contribution in [0.15, 0.2) is 40.9 Å². The van der Waals surface area contributed by atoms with Gasteiger partial charge in [0.25, 0.3) is 0 Å². The van der Waals surface area contributed by atoms with Crippen LogP contribution in [-0.4, -0.2) is 27.3 Å². The molecule has 0 fully saturated rings. The molecule has 3 aromatic rings. The Bertz CT molecular complexity index is 917. The second kappa shape index (κ2) is 9.75. The summed E-state index contributed by atoms with van der Waals surface area (Å²) in [5, 5.41) is 15.7. The van der Waals surface area contributed by atoms with E-state index in [0.717, 1.165) is 28.6 Å². The van der Waals surface area contributed by atoms with Crippen LogP contribution in [-0.2, 0) is 19.7 Å². The number of anilines is 1. The minimum Gasteiger partial charge on any atom is -0.493 e. The Balaban J connectivity index is 1.70. The lowest BCUT2D eigenvalue weighted by Gasteiger charge is -2.15. The molecule has 9 heteroatoms. The first-order chi connectivity index (χ1) is 13.6. The third-order valence-corrected chi connectivity index (χ3v) is 4.84. The summed E-state index contributed by atoms with van der Waals surface area (Å²) < 4.78 is 14.1. The maximum atomic E-state index is 5.97. The highest BCUT2D eigenvalue weighted by molar-refractivity contribution is 9.10. The third-order valence-electron chi connectivity index (χ3n) is 4.00. The first-order valence-electron chi connectivity index (χ1n) is 8.84. The zero-order chi connectivity index (χ0) is 19.9. The predicted molar refractivity (Wildman–Crippen MR) is 112 cm³/mol. The fraction of sp³-hybridized carbons (Fsp3) is 0.316. The van der Waals surface area contributed by atoms with Gasteiger partial charge in [0.05, 0.1) is 11.6 Å². The molecule has 0 aliphatic carbocycles. The second-order valence-electron chi connectivity index (χ2n) is 6.10. The number of aromatic nitrogens is 4. The minimum absolute atomic E-state index is 0.412. The molecule has 0 bridgehead atoms. The number of aryl methyl sites for hydroxylation is 1. The van der Waals surface area contributed by atoms with E-state index in [0.29, 0.717) is 35.6 Å². The van der Waals surface area contributed by atoms with Gasteiger partial charge in [-0.2, -0.15) is 0 Å². The molecule has 3 rings (SSSR count). The van der Waals surface area contributed by atoms with Gasteiger partial charge >= 0.3 is 0 Å². The molecule has 0 radical (unpaired) electrons. The molecule has 0 saturated heterocycles. The van der Waals surface area contributed by atoms with Crippen molar-refractivity contribution >= 4 is 33.5 Å². The van der Waals surface area contributed by atoms with E-state index in [1.807, 2.05) is 36.4 Å². The molecule has 1 aromatic heterocycles. The maximum absolute atomic E-state index is 5.97. The van der Waals surface area contributed by atoms with Gasteiger partial charge < -0.3 is 14.8 Å². The lowest BCUT2D eigenvalue weighted by atomic mass is 10.2. The van der Waals surface area contributed by atoms with Gasteiger partial charge in [-0.25, -0.2) is 4.68 Å². The molecule has 0 saturated carbocycles. The standard InChI is InChI=1S/C19H21BrClN5O2/c1-3-8-26-19(23-24-25-26)22-11-14-9-16(20)18(17(10-14)27-2)28-12-13-4-6-15(21)7-5-13/h4-7,9-10H,3,8,11-12H2,1-2H3,(H,22,23,25). The summed E-state index contributed by atoms with van der Waals surface area (Å²) >= 11 is 9.51. The van der Waals surface area contributed by atoms with E-state index in [1.165, 1.54) is 0 Å². The Labute approximate surface area is 177 Å². The van der Waals surface area contributed by atoms with Crippen molar-refractivity contribution in [1.82, 2.24) is 20.2 Å². The van der Waals surface area contributed by atoms with Gasteiger partial charge in [-0.05, 0) is 68.2 Å². The average molecular weight is 467 g/mol. The predicted octanol–water partition coefficient (Wildman–Crippen LogP) is 4.70. The van der Waals surface area contributed by atoms with Gasteiger partial charge in [0.2, 0.25) is 5.95 Å². The number of hydrogen-bond donors (Lipinski definition) is 1. The molecule has 1 heterocycles. The van der Waals surface area contributed by atoms with Crippen molar-refractivity contribution in [2.45, 2.75) is 33.0 Å². The molecule has 0 unspecified atom stereocenters. The molecule has 28 heavy (non-hydrogen) atoms. The lowest BCUT2D eigenvalue weighted by Crippen LogP contribution is -2.09. The van der Waals surface area contributed by atoms with Crippen LogP contribution in [0.25, 0.3) is 0 Å². The molecule has 7 nitrogen and oxygen atoms in total. The van der Waals surface area contributed by atoms with Crippen LogP contribution in [0.3, 0.4) is 0 Å². The van der Waals surface area contributed by atoms with Crippen LogP contribution in [0.5, 0.6) is 11.5 Å². The molecule has 2 aromatic carbocycles. The Morgan fingerprint density at radius 3 is 2.68 bits per heavy atom. The van der Waals surface area contributed by atoms with Gasteiger partial charge in [-0.1, -0.05) is 35.8 Å². The topological polar surface area (TPSA) is 74.1 Å². The fourth-order valence-corrected chi connectivity index (χ4v) is 3.36. The highest BCUT2D eigenvalue weighted by Gasteiger charge is 2.13. The van der Waals surface area contributed by atoms with Crippen molar-refractivity contribution in [2.75, 3.05) is 12.4 Å². The third kappa shape index (κ3) is 5.14. The van der Waals surface area contributed by atoms with Gasteiger partial charge in [-0.3, -0.25) is 0 Å². The molecule has 0 spiro atoms. The summed E-state index contributed by atoms with van der Waals surface area (Å²) in [6, 6.07) is 11.5. The van der Waals surface area contributed by atoms with Gasteiger partial charge in [0.15, 0.2) is 11.5 Å². The SMILES string of the molecule is CCCn1nnnc1NCc1cc(Br)c(OCc2ccc(Cl)cc2)c(OC)c1. The van der Waals surface area contributed by atoms with E-state index in [9.17, 15) is 0 Å². The van der Waals surface area contributed by atoms with Crippen LogP contribution in [0, 0.1) is 0 Å². The number of halogens is 2. The van der Waals surface area contributed by atoms with E-state index in [-0.39, 0.29) is 0 Å². The second-order valence-corrected chi connectivity index (χ2v) is 7.39.